The first-order valence-corrected chi connectivity index (χ1v) is 11.0. The monoisotopic (exact) mass is 448 g/mol. The number of hydrogen-bond acceptors (Lipinski definition) is 8. The zero-order valence-electron chi connectivity index (χ0n) is 18.0. The summed E-state index contributed by atoms with van der Waals surface area (Å²) in [6.07, 6.45) is 1.93. The Morgan fingerprint density at radius 2 is 1.85 bits per heavy atom. The molecule has 170 valence electrons. The van der Waals surface area contributed by atoms with E-state index in [1.165, 1.54) is 0 Å². The van der Waals surface area contributed by atoms with Crippen LogP contribution in [0.25, 0.3) is 0 Å². The van der Waals surface area contributed by atoms with E-state index in [2.05, 4.69) is 25.8 Å². The van der Waals surface area contributed by atoms with Gasteiger partial charge in [-0.05, 0) is 30.2 Å². The predicted octanol–water partition coefficient (Wildman–Crippen LogP) is 0.505. The number of piperazine rings is 1. The molecule has 4 heterocycles. The van der Waals surface area contributed by atoms with Crippen LogP contribution in [0.15, 0.2) is 36.5 Å². The van der Waals surface area contributed by atoms with E-state index >= 15 is 0 Å². The molecule has 0 spiro atoms. The lowest BCUT2D eigenvalue weighted by Gasteiger charge is -2.30. The summed E-state index contributed by atoms with van der Waals surface area (Å²) in [6.45, 7) is 3.83. The molecule has 2 fully saturated rings. The SMILES string of the molecule is O=C1CCC(N2C(=O)c3cccc(CNc4ncccc4N4CCNCC4)c3C2=O)C(=O)N1. The van der Waals surface area contributed by atoms with Crippen molar-refractivity contribution in [3.05, 3.63) is 53.2 Å². The lowest BCUT2D eigenvalue weighted by atomic mass is 10.0. The Morgan fingerprint density at radius 1 is 1.03 bits per heavy atom. The fourth-order valence-corrected chi connectivity index (χ4v) is 4.61. The summed E-state index contributed by atoms with van der Waals surface area (Å²) in [5, 5.41) is 8.87. The number of carbonyl (C=O) groups excluding carboxylic acids is 4. The maximum Gasteiger partial charge on any atom is 0.262 e. The summed E-state index contributed by atoms with van der Waals surface area (Å²) >= 11 is 0. The lowest BCUT2D eigenvalue weighted by Crippen LogP contribution is -2.54. The summed E-state index contributed by atoms with van der Waals surface area (Å²) in [5.41, 5.74) is 2.20. The number of nitrogens with one attached hydrogen (secondary N) is 3. The molecule has 0 bridgehead atoms. The average Bonchev–Trinajstić information content (AvgIpc) is 3.09. The second kappa shape index (κ2) is 8.62. The number of fused-ring (bicyclic) bond motifs is 1. The molecule has 5 rings (SSSR count). The molecule has 3 aliphatic heterocycles. The molecule has 0 saturated carbocycles. The Bertz CT molecular complexity index is 1140. The van der Waals surface area contributed by atoms with Gasteiger partial charge in [0.1, 0.15) is 11.9 Å². The van der Waals surface area contributed by atoms with E-state index in [1.54, 1.807) is 24.4 Å². The first-order chi connectivity index (χ1) is 16.0. The van der Waals surface area contributed by atoms with E-state index < -0.39 is 29.7 Å². The molecule has 2 saturated heterocycles. The van der Waals surface area contributed by atoms with Gasteiger partial charge in [-0.25, -0.2) is 4.98 Å². The molecule has 1 unspecified atom stereocenters. The van der Waals surface area contributed by atoms with E-state index in [4.69, 9.17) is 0 Å². The van der Waals surface area contributed by atoms with E-state index in [0.717, 1.165) is 36.8 Å². The number of rotatable bonds is 5. The van der Waals surface area contributed by atoms with Crippen LogP contribution in [0, 0.1) is 0 Å². The van der Waals surface area contributed by atoms with Crippen molar-refractivity contribution in [2.24, 2.45) is 0 Å². The van der Waals surface area contributed by atoms with Crippen LogP contribution in [0.5, 0.6) is 0 Å². The van der Waals surface area contributed by atoms with Crippen molar-refractivity contribution in [3.63, 3.8) is 0 Å². The third kappa shape index (κ3) is 3.82. The minimum atomic E-state index is -0.981. The maximum atomic E-state index is 13.3. The largest absolute Gasteiger partial charge is 0.366 e. The molecule has 10 heteroatoms. The topological polar surface area (TPSA) is 124 Å². The van der Waals surface area contributed by atoms with E-state index in [1.807, 2.05) is 12.1 Å². The highest BCUT2D eigenvalue weighted by Gasteiger charge is 2.45. The van der Waals surface area contributed by atoms with Gasteiger partial charge in [0.25, 0.3) is 11.8 Å². The quantitative estimate of drug-likeness (QED) is 0.565. The van der Waals surface area contributed by atoms with Crippen LogP contribution in [0.2, 0.25) is 0 Å². The molecule has 0 aliphatic carbocycles. The fraction of sp³-hybridized carbons (Fsp3) is 0.348. The Kier molecular flexibility index (Phi) is 5.51. The predicted molar refractivity (Wildman–Crippen MR) is 120 cm³/mol. The Labute approximate surface area is 190 Å². The summed E-state index contributed by atoms with van der Waals surface area (Å²) < 4.78 is 0. The van der Waals surface area contributed by atoms with Gasteiger partial charge in [-0.2, -0.15) is 0 Å². The Hall–Kier alpha value is -3.79. The molecule has 3 aliphatic rings. The van der Waals surface area contributed by atoms with Crippen LogP contribution in [0.1, 0.15) is 39.1 Å². The average molecular weight is 448 g/mol. The number of anilines is 2. The third-order valence-electron chi connectivity index (χ3n) is 6.24. The van der Waals surface area contributed by atoms with Crippen LogP contribution >= 0.6 is 0 Å². The van der Waals surface area contributed by atoms with Crippen molar-refractivity contribution in [2.45, 2.75) is 25.4 Å². The van der Waals surface area contributed by atoms with E-state index in [9.17, 15) is 19.2 Å². The van der Waals surface area contributed by atoms with Gasteiger partial charge in [-0.1, -0.05) is 12.1 Å². The van der Waals surface area contributed by atoms with Crippen LogP contribution in [0.4, 0.5) is 11.5 Å². The third-order valence-corrected chi connectivity index (χ3v) is 6.24. The van der Waals surface area contributed by atoms with Crippen LogP contribution in [-0.2, 0) is 16.1 Å². The standard InChI is InChI=1S/C23H24N6O4/c30-18-7-6-17(21(31)27-18)29-22(32)15-4-1-3-14(19(15)23(29)33)13-26-20-16(5-2-8-25-20)28-11-9-24-10-12-28/h1-5,8,17,24H,6-7,9-13H2,(H,25,26)(H,27,30,31). The van der Waals surface area contributed by atoms with Crippen molar-refractivity contribution < 1.29 is 19.2 Å². The molecule has 3 N–H and O–H groups in total. The number of hydrogen-bond donors (Lipinski definition) is 3. The number of pyridine rings is 1. The van der Waals surface area contributed by atoms with Crippen LogP contribution in [0.3, 0.4) is 0 Å². The second-order valence-corrected chi connectivity index (χ2v) is 8.25. The maximum absolute atomic E-state index is 13.3. The van der Waals surface area contributed by atoms with Crippen molar-refractivity contribution in [1.82, 2.24) is 20.5 Å². The second-order valence-electron chi connectivity index (χ2n) is 8.25. The van der Waals surface area contributed by atoms with Gasteiger partial charge < -0.3 is 15.5 Å². The molecule has 33 heavy (non-hydrogen) atoms. The first kappa shape index (κ1) is 21.1. The van der Waals surface area contributed by atoms with Crippen molar-refractivity contribution >= 4 is 35.1 Å². The van der Waals surface area contributed by atoms with Gasteiger partial charge in [-0.15, -0.1) is 0 Å². The lowest BCUT2D eigenvalue weighted by molar-refractivity contribution is -0.136. The molecule has 1 aromatic heterocycles. The van der Waals surface area contributed by atoms with Crippen LogP contribution in [-0.4, -0.2) is 65.7 Å². The summed E-state index contributed by atoms with van der Waals surface area (Å²) in [7, 11) is 0. The van der Waals surface area contributed by atoms with E-state index in [-0.39, 0.29) is 18.4 Å². The highest BCUT2D eigenvalue weighted by molar-refractivity contribution is 6.24. The van der Waals surface area contributed by atoms with E-state index in [0.29, 0.717) is 23.5 Å². The number of benzene rings is 1. The van der Waals surface area contributed by atoms with Gasteiger partial charge in [0.2, 0.25) is 11.8 Å². The van der Waals surface area contributed by atoms with Crippen molar-refractivity contribution in [1.29, 1.82) is 0 Å². The molecule has 1 aromatic carbocycles. The zero-order valence-corrected chi connectivity index (χ0v) is 18.0. The minimum absolute atomic E-state index is 0.0900. The number of carbonyl (C=O) groups is 4. The molecule has 10 nitrogen and oxygen atoms in total. The minimum Gasteiger partial charge on any atom is -0.366 e. The number of amides is 4. The van der Waals surface area contributed by atoms with Gasteiger partial charge >= 0.3 is 0 Å². The molecular formula is C23H24N6O4. The number of piperidine rings is 1. The smallest absolute Gasteiger partial charge is 0.262 e. The fourth-order valence-electron chi connectivity index (χ4n) is 4.61. The summed E-state index contributed by atoms with van der Waals surface area (Å²) in [6, 6.07) is 8.03. The van der Waals surface area contributed by atoms with Gasteiger partial charge in [-0.3, -0.25) is 29.4 Å². The van der Waals surface area contributed by atoms with Crippen LogP contribution < -0.4 is 20.9 Å². The Balaban J connectivity index is 1.39. The molecule has 0 radical (unpaired) electrons. The van der Waals surface area contributed by atoms with Crippen molar-refractivity contribution in [3.8, 4) is 0 Å². The van der Waals surface area contributed by atoms with Crippen molar-refractivity contribution in [2.75, 3.05) is 36.4 Å². The summed E-state index contributed by atoms with van der Waals surface area (Å²) in [5.74, 6) is -1.32. The molecular weight excluding hydrogens is 424 g/mol. The van der Waals surface area contributed by atoms with Gasteiger partial charge in [0.15, 0.2) is 0 Å². The molecule has 1 atom stereocenters. The normalized spacial score (nSPS) is 20.7. The number of aromatic nitrogens is 1. The number of nitrogens with zero attached hydrogens (tertiary/aromatic N) is 3. The zero-order chi connectivity index (χ0) is 22.9. The Morgan fingerprint density at radius 3 is 2.64 bits per heavy atom. The van der Waals surface area contributed by atoms with Gasteiger partial charge in [0, 0.05) is 45.3 Å². The van der Waals surface area contributed by atoms with Gasteiger partial charge in [0.05, 0.1) is 16.8 Å². The highest BCUT2D eigenvalue weighted by Crippen LogP contribution is 2.31. The summed E-state index contributed by atoms with van der Waals surface area (Å²) in [4.78, 5) is 57.8. The molecule has 4 amide bonds. The highest BCUT2D eigenvalue weighted by atomic mass is 16.2. The first-order valence-electron chi connectivity index (χ1n) is 11.0. The number of imide groups is 2. The molecule has 2 aromatic rings.